The van der Waals surface area contributed by atoms with E-state index >= 15 is 0 Å². The fourth-order valence-electron chi connectivity index (χ4n) is 2.87. The van der Waals surface area contributed by atoms with Crippen LogP contribution in [0.25, 0.3) is 21.3 Å². The third-order valence-electron chi connectivity index (χ3n) is 4.20. The molecule has 0 spiro atoms. The van der Waals surface area contributed by atoms with Gasteiger partial charge in [0.05, 0.1) is 5.39 Å². The number of carbonyl (C=O) groups is 1. The fourth-order valence-corrected chi connectivity index (χ4v) is 3.79. The molecule has 5 nitrogen and oxygen atoms in total. The van der Waals surface area contributed by atoms with Crippen LogP contribution in [0.5, 0.6) is 0 Å². The number of rotatable bonds is 5. The Hall–Kier alpha value is -3.32. The first-order chi connectivity index (χ1) is 13.1. The summed E-state index contributed by atoms with van der Waals surface area (Å²) < 4.78 is 13.3. The third kappa shape index (κ3) is 3.50. The van der Waals surface area contributed by atoms with Gasteiger partial charge < -0.3 is 11.1 Å². The number of halogens is 1. The van der Waals surface area contributed by atoms with E-state index in [-0.39, 0.29) is 5.82 Å². The van der Waals surface area contributed by atoms with Gasteiger partial charge in [-0.1, -0.05) is 24.3 Å². The lowest BCUT2D eigenvalue weighted by molar-refractivity contribution is 0.1000. The van der Waals surface area contributed by atoms with Crippen LogP contribution in [-0.4, -0.2) is 15.9 Å². The average molecular weight is 378 g/mol. The number of benzene rings is 2. The molecule has 0 saturated carbocycles. The molecule has 3 N–H and O–H groups in total. The minimum absolute atomic E-state index is 0.276. The summed E-state index contributed by atoms with van der Waals surface area (Å²) in [7, 11) is 0. The summed E-state index contributed by atoms with van der Waals surface area (Å²) in [6.45, 7) is 0.478. The second-order valence-electron chi connectivity index (χ2n) is 5.98. The zero-order chi connectivity index (χ0) is 18.8. The number of hydrogen-bond acceptors (Lipinski definition) is 5. The second kappa shape index (κ2) is 7.13. The molecule has 0 unspecified atom stereocenters. The molecule has 4 aromatic rings. The van der Waals surface area contributed by atoms with Crippen molar-refractivity contribution in [2.75, 3.05) is 5.32 Å². The van der Waals surface area contributed by atoms with E-state index in [1.807, 2.05) is 11.4 Å². The summed E-state index contributed by atoms with van der Waals surface area (Å²) in [5, 5.41) is 6.19. The van der Waals surface area contributed by atoms with Gasteiger partial charge in [-0.15, -0.1) is 11.3 Å². The molecule has 0 bridgehead atoms. The zero-order valence-corrected chi connectivity index (χ0v) is 15.0. The molecule has 0 atom stereocenters. The van der Waals surface area contributed by atoms with Crippen LogP contribution in [0, 0.1) is 5.82 Å². The number of nitrogens with one attached hydrogen (secondary N) is 1. The van der Waals surface area contributed by atoms with E-state index in [2.05, 4.69) is 15.3 Å². The maximum Gasteiger partial charge on any atom is 0.248 e. The lowest BCUT2D eigenvalue weighted by Gasteiger charge is -2.09. The van der Waals surface area contributed by atoms with Gasteiger partial charge in [0.15, 0.2) is 0 Å². The molecule has 27 heavy (non-hydrogen) atoms. The van der Waals surface area contributed by atoms with Gasteiger partial charge >= 0.3 is 0 Å². The minimum Gasteiger partial charge on any atom is -0.366 e. The SMILES string of the molecule is NC(=O)c1cccc(CNc2ncnc3scc(-c4ccc(F)cc4)c23)c1. The van der Waals surface area contributed by atoms with E-state index in [1.54, 1.807) is 30.3 Å². The van der Waals surface area contributed by atoms with Crippen LogP contribution in [0.1, 0.15) is 15.9 Å². The van der Waals surface area contributed by atoms with E-state index in [0.29, 0.717) is 17.9 Å². The molecule has 0 radical (unpaired) electrons. The maximum atomic E-state index is 13.3. The van der Waals surface area contributed by atoms with Crippen molar-refractivity contribution in [3.05, 3.63) is 77.2 Å². The smallest absolute Gasteiger partial charge is 0.248 e. The van der Waals surface area contributed by atoms with Crippen LogP contribution in [0.2, 0.25) is 0 Å². The molecule has 0 aliphatic carbocycles. The number of nitrogens with zero attached hydrogens (tertiary/aromatic N) is 2. The molecule has 4 rings (SSSR count). The molecule has 2 aromatic carbocycles. The predicted molar refractivity (Wildman–Crippen MR) is 105 cm³/mol. The highest BCUT2D eigenvalue weighted by atomic mass is 32.1. The van der Waals surface area contributed by atoms with E-state index in [0.717, 1.165) is 26.9 Å². The molecule has 2 heterocycles. The van der Waals surface area contributed by atoms with Crippen LogP contribution >= 0.6 is 11.3 Å². The van der Waals surface area contributed by atoms with Crippen molar-refractivity contribution in [3.8, 4) is 11.1 Å². The van der Waals surface area contributed by atoms with Crippen molar-refractivity contribution in [3.63, 3.8) is 0 Å². The Morgan fingerprint density at radius 2 is 1.96 bits per heavy atom. The first-order valence-electron chi connectivity index (χ1n) is 8.22. The van der Waals surface area contributed by atoms with Crippen molar-refractivity contribution in [1.29, 1.82) is 0 Å². The molecule has 1 amide bonds. The van der Waals surface area contributed by atoms with Crippen molar-refractivity contribution in [2.45, 2.75) is 6.54 Å². The molecule has 0 fully saturated rings. The largest absolute Gasteiger partial charge is 0.366 e. The Labute approximate surface area is 158 Å². The summed E-state index contributed by atoms with van der Waals surface area (Å²) >= 11 is 1.51. The number of anilines is 1. The number of thiophene rings is 1. The van der Waals surface area contributed by atoms with Gasteiger partial charge in [0.25, 0.3) is 0 Å². The molecule has 0 aliphatic heterocycles. The van der Waals surface area contributed by atoms with Gasteiger partial charge in [-0.25, -0.2) is 14.4 Å². The first-order valence-corrected chi connectivity index (χ1v) is 9.10. The van der Waals surface area contributed by atoms with Gasteiger partial charge in [-0.05, 0) is 35.4 Å². The molecule has 0 saturated heterocycles. The fraction of sp³-hybridized carbons (Fsp3) is 0.0500. The predicted octanol–water partition coefficient (Wildman–Crippen LogP) is 4.21. The number of primary amides is 1. The quantitative estimate of drug-likeness (QED) is 0.545. The summed E-state index contributed by atoms with van der Waals surface area (Å²) in [4.78, 5) is 20.9. The highest BCUT2D eigenvalue weighted by molar-refractivity contribution is 7.17. The Bertz CT molecular complexity index is 1120. The van der Waals surface area contributed by atoms with Crippen molar-refractivity contribution >= 4 is 33.3 Å². The summed E-state index contributed by atoms with van der Waals surface area (Å²) in [5.74, 6) is -0.0509. The number of hydrogen-bond donors (Lipinski definition) is 2. The highest BCUT2D eigenvalue weighted by Gasteiger charge is 2.13. The molecular formula is C20H15FN4OS. The Kier molecular flexibility index (Phi) is 4.52. The number of fused-ring (bicyclic) bond motifs is 1. The Morgan fingerprint density at radius 1 is 1.15 bits per heavy atom. The molecule has 2 aromatic heterocycles. The van der Waals surface area contributed by atoms with E-state index in [9.17, 15) is 9.18 Å². The van der Waals surface area contributed by atoms with Gasteiger partial charge in [0, 0.05) is 23.1 Å². The average Bonchev–Trinajstić information content (AvgIpc) is 3.12. The monoisotopic (exact) mass is 378 g/mol. The summed E-state index contributed by atoms with van der Waals surface area (Å²) in [6, 6.07) is 13.5. The Balaban J connectivity index is 1.68. The number of aromatic nitrogens is 2. The van der Waals surface area contributed by atoms with Gasteiger partial charge in [-0.3, -0.25) is 4.79 Å². The normalized spacial score (nSPS) is 10.9. The number of carbonyl (C=O) groups excluding carboxylic acids is 1. The van der Waals surface area contributed by atoms with Crippen molar-refractivity contribution in [2.24, 2.45) is 5.73 Å². The first kappa shape index (κ1) is 17.1. The van der Waals surface area contributed by atoms with E-state index in [1.165, 1.54) is 29.8 Å². The second-order valence-corrected chi connectivity index (χ2v) is 6.83. The molecular weight excluding hydrogens is 363 g/mol. The zero-order valence-electron chi connectivity index (χ0n) is 14.1. The third-order valence-corrected chi connectivity index (χ3v) is 5.08. The lowest BCUT2D eigenvalue weighted by Crippen LogP contribution is -2.11. The van der Waals surface area contributed by atoms with E-state index < -0.39 is 5.91 Å². The highest BCUT2D eigenvalue weighted by Crippen LogP contribution is 2.36. The van der Waals surface area contributed by atoms with Crippen LogP contribution in [0.15, 0.2) is 60.2 Å². The Morgan fingerprint density at radius 3 is 2.74 bits per heavy atom. The van der Waals surface area contributed by atoms with E-state index in [4.69, 9.17) is 5.73 Å². The minimum atomic E-state index is -0.460. The van der Waals surface area contributed by atoms with Crippen LogP contribution in [-0.2, 0) is 6.54 Å². The van der Waals surface area contributed by atoms with Crippen LogP contribution in [0.3, 0.4) is 0 Å². The molecule has 7 heteroatoms. The lowest BCUT2D eigenvalue weighted by atomic mass is 10.1. The summed E-state index contributed by atoms with van der Waals surface area (Å²) in [6.07, 6.45) is 1.51. The number of amides is 1. The van der Waals surface area contributed by atoms with Crippen molar-refractivity contribution in [1.82, 2.24) is 9.97 Å². The van der Waals surface area contributed by atoms with Gasteiger partial charge in [0.1, 0.15) is 22.8 Å². The van der Waals surface area contributed by atoms with Crippen LogP contribution in [0.4, 0.5) is 10.2 Å². The van der Waals surface area contributed by atoms with Gasteiger partial charge in [-0.2, -0.15) is 0 Å². The molecule has 0 aliphatic rings. The van der Waals surface area contributed by atoms with Crippen LogP contribution < -0.4 is 11.1 Å². The standard InChI is InChI=1S/C20H15FN4OS/c21-15-6-4-13(5-7-15)16-10-27-20-17(16)19(24-11-25-20)23-9-12-2-1-3-14(8-12)18(22)26/h1-8,10-11H,9H2,(H2,22,26)(H,23,24,25). The summed E-state index contributed by atoms with van der Waals surface area (Å²) in [5.41, 5.74) is 8.56. The number of nitrogens with two attached hydrogens (primary N) is 1. The topological polar surface area (TPSA) is 80.9 Å². The molecule has 134 valence electrons. The van der Waals surface area contributed by atoms with Gasteiger partial charge in [0.2, 0.25) is 5.91 Å². The van der Waals surface area contributed by atoms with Crippen molar-refractivity contribution < 1.29 is 9.18 Å². The maximum absolute atomic E-state index is 13.3.